The van der Waals surface area contributed by atoms with Gasteiger partial charge in [0.25, 0.3) is 5.91 Å². The van der Waals surface area contributed by atoms with Crippen molar-refractivity contribution in [2.24, 2.45) is 5.92 Å². The molecule has 1 aromatic carbocycles. The maximum absolute atomic E-state index is 12.3. The van der Waals surface area contributed by atoms with Gasteiger partial charge in [-0.05, 0) is 30.4 Å². The van der Waals surface area contributed by atoms with Gasteiger partial charge in [0.1, 0.15) is 0 Å². The lowest BCUT2D eigenvalue weighted by molar-refractivity contribution is -0.157. The van der Waals surface area contributed by atoms with Gasteiger partial charge in [-0.2, -0.15) is 0 Å². The van der Waals surface area contributed by atoms with Gasteiger partial charge in [0.05, 0.1) is 5.92 Å². The summed E-state index contributed by atoms with van der Waals surface area (Å²) >= 11 is 0. The van der Waals surface area contributed by atoms with Gasteiger partial charge in [-0.25, -0.2) is 0 Å². The van der Waals surface area contributed by atoms with Gasteiger partial charge in [-0.1, -0.05) is 38.1 Å². The molecule has 1 heterocycles. The Morgan fingerprint density at radius 2 is 1.81 bits per heavy atom. The van der Waals surface area contributed by atoms with E-state index in [0.717, 1.165) is 18.4 Å². The van der Waals surface area contributed by atoms with Crippen LogP contribution in [0.3, 0.4) is 0 Å². The van der Waals surface area contributed by atoms with Gasteiger partial charge >= 0.3 is 5.97 Å². The summed E-state index contributed by atoms with van der Waals surface area (Å²) in [4.78, 5) is 39.6. The lowest BCUT2D eigenvalue weighted by atomic mass is 9.98. The fourth-order valence-electron chi connectivity index (χ4n) is 3.22. The molecule has 1 aromatic rings. The Bertz CT molecular complexity index is 657. The summed E-state index contributed by atoms with van der Waals surface area (Å²) in [5.74, 6) is -0.913. The molecule has 0 saturated carbocycles. The molecule has 6 heteroatoms. The maximum Gasteiger partial charge on any atom is 0.311 e. The number of hydrogen-bond donors (Lipinski definition) is 0. The van der Waals surface area contributed by atoms with E-state index in [4.69, 9.17) is 4.74 Å². The summed E-state index contributed by atoms with van der Waals surface area (Å²) in [6.07, 6.45) is 2.89. The second-order valence-electron chi connectivity index (χ2n) is 7.06. The van der Waals surface area contributed by atoms with E-state index in [-0.39, 0.29) is 24.3 Å². The van der Waals surface area contributed by atoms with Crippen LogP contribution in [0, 0.1) is 5.92 Å². The van der Waals surface area contributed by atoms with Crippen LogP contribution in [0.5, 0.6) is 0 Å². The molecule has 2 amide bonds. The molecule has 148 valence electrons. The van der Waals surface area contributed by atoms with Crippen LogP contribution in [-0.4, -0.2) is 54.3 Å². The number of ether oxygens (including phenoxy) is 1. The van der Waals surface area contributed by atoms with Gasteiger partial charge in [0, 0.05) is 33.1 Å². The highest BCUT2D eigenvalue weighted by Gasteiger charge is 2.29. The summed E-state index contributed by atoms with van der Waals surface area (Å²) in [5, 5.41) is 0. The fraction of sp³-hybridized carbons (Fsp3) is 0.571. The molecule has 27 heavy (non-hydrogen) atoms. The summed E-state index contributed by atoms with van der Waals surface area (Å²) in [6, 6.07) is 8.13. The number of benzene rings is 1. The molecule has 1 unspecified atom stereocenters. The van der Waals surface area contributed by atoms with Crippen LogP contribution in [0.1, 0.15) is 44.2 Å². The average Bonchev–Trinajstić information content (AvgIpc) is 2.71. The molecule has 6 nitrogen and oxygen atoms in total. The topological polar surface area (TPSA) is 66.9 Å². The summed E-state index contributed by atoms with van der Waals surface area (Å²) in [7, 11) is 1.70. The third-order valence-electron chi connectivity index (χ3n) is 5.02. The minimum absolute atomic E-state index is 0.0531. The summed E-state index contributed by atoms with van der Waals surface area (Å²) in [5.41, 5.74) is 2.29. The standard InChI is InChI=1S/C21H30N2O4/c1-4-16-8-10-17(11-9-16)13-22(3)20(25)15-27-21(26)18-7-6-12-23(14-18)19(24)5-2/h8-11,18H,4-7,12-15H2,1-3H3. The highest BCUT2D eigenvalue weighted by Crippen LogP contribution is 2.18. The van der Waals surface area contributed by atoms with Gasteiger partial charge in [0.2, 0.25) is 5.91 Å². The van der Waals surface area contributed by atoms with Gasteiger partial charge in [-0.15, -0.1) is 0 Å². The molecule has 0 N–H and O–H groups in total. The molecule has 1 saturated heterocycles. The average molecular weight is 374 g/mol. The van der Waals surface area contributed by atoms with E-state index in [1.807, 2.05) is 19.1 Å². The summed E-state index contributed by atoms with van der Waals surface area (Å²) in [6.45, 7) is 5.20. The monoisotopic (exact) mass is 374 g/mol. The zero-order valence-electron chi connectivity index (χ0n) is 16.6. The summed E-state index contributed by atoms with van der Waals surface area (Å²) < 4.78 is 5.23. The van der Waals surface area contributed by atoms with Crippen molar-refractivity contribution in [2.75, 3.05) is 26.7 Å². The first kappa shape index (κ1) is 20.9. The minimum atomic E-state index is -0.391. The first-order valence-electron chi connectivity index (χ1n) is 9.70. The smallest absolute Gasteiger partial charge is 0.311 e. The van der Waals surface area contributed by atoms with E-state index in [1.165, 1.54) is 5.56 Å². The van der Waals surface area contributed by atoms with Crippen molar-refractivity contribution >= 4 is 17.8 Å². The molecule has 0 radical (unpaired) electrons. The zero-order chi connectivity index (χ0) is 19.8. The maximum atomic E-state index is 12.3. The van der Waals surface area contributed by atoms with Gasteiger partial charge < -0.3 is 14.5 Å². The molecule has 1 aliphatic heterocycles. The second kappa shape index (κ2) is 10.1. The highest BCUT2D eigenvalue weighted by atomic mass is 16.5. The Balaban J connectivity index is 1.79. The number of rotatable bonds is 7. The second-order valence-corrected chi connectivity index (χ2v) is 7.06. The van der Waals surface area contributed by atoms with Crippen molar-refractivity contribution in [3.05, 3.63) is 35.4 Å². The van der Waals surface area contributed by atoms with Crippen LogP contribution in [-0.2, 0) is 32.1 Å². The van der Waals surface area contributed by atoms with Gasteiger partial charge in [-0.3, -0.25) is 14.4 Å². The van der Waals surface area contributed by atoms with Crippen LogP contribution < -0.4 is 0 Å². The van der Waals surface area contributed by atoms with Crippen molar-refractivity contribution in [3.8, 4) is 0 Å². The largest absolute Gasteiger partial charge is 0.455 e. The van der Waals surface area contributed by atoms with E-state index in [0.29, 0.717) is 32.5 Å². The fourth-order valence-corrected chi connectivity index (χ4v) is 3.22. The SMILES string of the molecule is CCC(=O)N1CCCC(C(=O)OCC(=O)N(C)Cc2ccc(CC)cc2)C1. The molecule has 0 spiro atoms. The first-order chi connectivity index (χ1) is 12.9. The molecule has 0 aromatic heterocycles. The van der Waals surface area contributed by atoms with E-state index >= 15 is 0 Å². The van der Waals surface area contributed by atoms with Crippen LogP contribution in [0.2, 0.25) is 0 Å². The number of aryl methyl sites for hydroxylation is 1. The number of amides is 2. The van der Waals surface area contributed by atoms with Crippen molar-refractivity contribution < 1.29 is 19.1 Å². The molecular formula is C21H30N2O4. The number of carbonyl (C=O) groups excluding carboxylic acids is 3. The molecule has 1 fully saturated rings. The Morgan fingerprint density at radius 3 is 2.44 bits per heavy atom. The van der Waals surface area contributed by atoms with E-state index in [9.17, 15) is 14.4 Å². The number of nitrogens with zero attached hydrogens (tertiary/aromatic N) is 2. The molecule has 0 bridgehead atoms. The van der Waals surface area contributed by atoms with Crippen molar-refractivity contribution in [1.29, 1.82) is 0 Å². The Morgan fingerprint density at radius 1 is 1.15 bits per heavy atom. The van der Waals surface area contributed by atoms with Crippen LogP contribution in [0.25, 0.3) is 0 Å². The van der Waals surface area contributed by atoms with Crippen LogP contribution in [0.4, 0.5) is 0 Å². The predicted molar refractivity (Wildman–Crippen MR) is 103 cm³/mol. The number of piperidine rings is 1. The van der Waals surface area contributed by atoms with Crippen molar-refractivity contribution in [1.82, 2.24) is 9.80 Å². The first-order valence-corrected chi connectivity index (χ1v) is 9.70. The van der Waals surface area contributed by atoms with E-state index in [1.54, 1.807) is 16.8 Å². The minimum Gasteiger partial charge on any atom is -0.455 e. The molecule has 0 aliphatic carbocycles. The third-order valence-corrected chi connectivity index (χ3v) is 5.02. The van der Waals surface area contributed by atoms with E-state index < -0.39 is 5.97 Å². The molecule has 1 aliphatic rings. The number of likely N-dealkylation sites (tertiary alicyclic amines) is 1. The zero-order valence-corrected chi connectivity index (χ0v) is 16.6. The number of hydrogen-bond acceptors (Lipinski definition) is 4. The molecule has 2 rings (SSSR count). The molecular weight excluding hydrogens is 344 g/mol. The Labute approximate surface area is 161 Å². The van der Waals surface area contributed by atoms with Crippen molar-refractivity contribution in [2.45, 2.75) is 46.1 Å². The Kier molecular flexibility index (Phi) is 7.82. The van der Waals surface area contributed by atoms with Crippen LogP contribution >= 0.6 is 0 Å². The predicted octanol–water partition coefficient (Wildman–Crippen LogP) is 2.40. The van der Waals surface area contributed by atoms with Crippen LogP contribution in [0.15, 0.2) is 24.3 Å². The molecule has 1 atom stereocenters. The van der Waals surface area contributed by atoms with E-state index in [2.05, 4.69) is 19.1 Å². The Hall–Kier alpha value is -2.37. The van der Waals surface area contributed by atoms with Crippen molar-refractivity contribution in [3.63, 3.8) is 0 Å². The lowest BCUT2D eigenvalue weighted by Crippen LogP contribution is -2.43. The van der Waals surface area contributed by atoms with Gasteiger partial charge in [0.15, 0.2) is 6.61 Å². The highest BCUT2D eigenvalue weighted by molar-refractivity contribution is 5.82. The number of esters is 1. The number of likely N-dealkylation sites (N-methyl/N-ethyl adjacent to an activating group) is 1. The quantitative estimate of drug-likeness (QED) is 0.688. The lowest BCUT2D eigenvalue weighted by Gasteiger charge is -2.31. The normalized spacial score (nSPS) is 16.7. The third kappa shape index (κ3) is 6.08. The number of carbonyl (C=O) groups is 3.